The highest BCUT2D eigenvalue weighted by Crippen LogP contribution is 2.37. The van der Waals surface area contributed by atoms with Gasteiger partial charge in [0.1, 0.15) is 12.3 Å². The van der Waals surface area contributed by atoms with Gasteiger partial charge in [-0.2, -0.15) is 5.10 Å². The molecule has 7 nitrogen and oxygen atoms in total. The maximum absolute atomic E-state index is 11.2. The van der Waals surface area contributed by atoms with Crippen LogP contribution in [-0.2, 0) is 38.6 Å². The molecule has 4 rings (SSSR count). The lowest BCUT2D eigenvalue weighted by Gasteiger charge is -2.14. The summed E-state index contributed by atoms with van der Waals surface area (Å²) < 4.78 is 6.97. The minimum Gasteiger partial charge on any atom is -0.507 e. The lowest BCUT2D eigenvalue weighted by molar-refractivity contribution is 0.434. The van der Waals surface area contributed by atoms with Gasteiger partial charge in [-0.3, -0.25) is 4.68 Å². The zero-order chi connectivity index (χ0) is 19.8. The quantitative estimate of drug-likeness (QED) is 0.683. The number of nitrogens with zero attached hydrogens (tertiary/aromatic N) is 3. The number of fused-ring (bicyclic) bond motifs is 1. The smallest absolute Gasteiger partial charge is 0.434 e. The van der Waals surface area contributed by atoms with Crippen LogP contribution in [0.2, 0.25) is 0 Å². The topological polar surface area (TPSA) is 96.9 Å². The van der Waals surface area contributed by atoms with E-state index in [9.17, 15) is 9.90 Å². The van der Waals surface area contributed by atoms with Crippen molar-refractivity contribution in [3.63, 3.8) is 0 Å². The minimum atomic E-state index is -0.550. The summed E-state index contributed by atoms with van der Waals surface area (Å²) in [6.45, 7) is 6.53. The predicted octanol–water partition coefficient (Wildman–Crippen LogP) is 2.83. The van der Waals surface area contributed by atoms with Gasteiger partial charge in [0.05, 0.1) is 5.69 Å². The second-order valence-electron chi connectivity index (χ2n) is 7.43. The molecule has 0 amide bonds. The number of aromatic nitrogens is 4. The van der Waals surface area contributed by atoms with Gasteiger partial charge in [-0.05, 0) is 61.3 Å². The lowest BCUT2D eigenvalue weighted by Crippen LogP contribution is -2.08. The summed E-state index contributed by atoms with van der Waals surface area (Å²) in [5.74, 6) is 0.246. The zero-order valence-corrected chi connectivity index (χ0v) is 16.6. The van der Waals surface area contributed by atoms with Gasteiger partial charge in [0.15, 0.2) is 0 Å². The second kappa shape index (κ2) is 7.30. The minimum absolute atomic E-state index is 0.331. The highest BCUT2D eigenvalue weighted by Gasteiger charge is 2.23. The summed E-state index contributed by atoms with van der Waals surface area (Å²) in [5, 5.41) is 21.4. The van der Waals surface area contributed by atoms with Crippen molar-refractivity contribution in [2.24, 2.45) is 0 Å². The standard InChI is InChI=1S/C21H26N4O3/c1-4-17-16(10-13-9-12(3)20(26)15-8-6-7-14(13)15)18(5-2)25(24-17)11-19-22-23-21(27)28-19/h9,26H,4-8,10-11H2,1-3H3,(H,23,27). The van der Waals surface area contributed by atoms with Gasteiger partial charge in [0.2, 0.25) is 5.89 Å². The van der Waals surface area contributed by atoms with Crippen molar-refractivity contribution in [1.82, 2.24) is 20.0 Å². The van der Waals surface area contributed by atoms with Crippen LogP contribution >= 0.6 is 0 Å². The number of aromatic hydroxyl groups is 1. The van der Waals surface area contributed by atoms with Crippen molar-refractivity contribution >= 4 is 0 Å². The zero-order valence-electron chi connectivity index (χ0n) is 16.6. The second-order valence-corrected chi connectivity index (χ2v) is 7.43. The number of H-pyrrole nitrogens is 1. The number of benzene rings is 1. The van der Waals surface area contributed by atoms with Crippen molar-refractivity contribution in [1.29, 1.82) is 0 Å². The number of phenolic OH excluding ortho intramolecular Hbond substituents is 1. The molecular weight excluding hydrogens is 356 g/mol. The summed E-state index contributed by atoms with van der Waals surface area (Å²) in [6.07, 6.45) is 5.54. The average Bonchev–Trinajstić information content (AvgIpc) is 3.39. The van der Waals surface area contributed by atoms with Crippen LogP contribution in [0.1, 0.15) is 65.4 Å². The fourth-order valence-electron chi connectivity index (χ4n) is 4.42. The largest absolute Gasteiger partial charge is 0.507 e. The molecule has 0 saturated carbocycles. The van der Waals surface area contributed by atoms with Crippen molar-refractivity contribution in [3.8, 4) is 5.75 Å². The molecule has 7 heteroatoms. The molecule has 3 aromatic rings. The number of phenols is 1. The molecule has 148 valence electrons. The predicted molar refractivity (Wildman–Crippen MR) is 105 cm³/mol. The Morgan fingerprint density at radius 2 is 2.04 bits per heavy atom. The number of hydrogen-bond acceptors (Lipinski definition) is 5. The van der Waals surface area contributed by atoms with Crippen LogP contribution in [-0.4, -0.2) is 25.1 Å². The number of aryl methyl sites for hydroxylation is 2. The normalized spacial score (nSPS) is 13.2. The molecule has 1 aliphatic carbocycles. The Labute approximate surface area is 163 Å². The summed E-state index contributed by atoms with van der Waals surface area (Å²) in [6, 6.07) is 2.13. The molecule has 1 aliphatic rings. The van der Waals surface area contributed by atoms with Gasteiger partial charge < -0.3 is 9.52 Å². The monoisotopic (exact) mass is 382 g/mol. The van der Waals surface area contributed by atoms with Gasteiger partial charge in [-0.1, -0.05) is 19.9 Å². The van der Waals surface area contributed by atoms with Gasteiger partial charge in [0.25, 0.3) is 0 Å². The molecule has 0 fully saturated rings. The van der Waals surface area contributed by atoms with Gasteiger partial charge >= 0.3 is 5.76 Å². The van der Waals surface area contributed by atoms with Crippen LogP contribution in [0.5, 0.6) is 5.75 Å². The fraction of sp³-hybridized carbons (Fsp3) is 0.476. The number of aromatic amines is 1. The van der Waals surface area contributed by atoms with Crippen LogP contribution in [0.15, 0.2) is 15.3 Å². The Bertz CT molecular complexity index is 1070. The Morgan fingerprint density at radius 3 is 2.71 bits per heavy atom. The van der Waals surface area contributed by atoms with E-state index < -0.39 is 5.76 Å². The van der Waals surface area contributed by atoms with Crippen LogP contribution in [0.3, 0.4) is 0 Å². The molecule has 2 N–H and O–H groups in total. The van der Waals surface area contributed by atoms with Crippen molar-refractivity contribution in [2.45, 2.75) is 65.8 Å². The highest BCUT2D eigenvalue weighted by molar-refractivity contribution is 5.53. The molecule has 2 aromatic heterocycles. The number of rotatable bonds is 6. The average molecular weight is 382 g/mol. The summed E-state index contributed by atoms with van der Waals surface area (Å²) in [7, 11) is 0. The van der Waals surface area contributed by atoms with E-state index in [1.807, 2.05) is 11.6 Å². The Balaban J connectivity index is 1.75. The molecule has 28 heavy (non-hydrogen) atoms. The number of hydrogen-bond donors (Lipinski definition) is 2. The lowest BCUT2D eigenvalue weighted by atomic mass is 9.92. The summed E-state index contributed by atoms with van der Waals surface area (Å²) >= 11 is 0. The Hall–Kier alpha value is -2.83. The molecule has 0 spiro atoms. The van der Waals surface area contributed by atoms with Gasteiger partial charge in [-0.25, -0.2) is 9.89 Å². The third-order valence-electron chi connectivity index (χ3n) is 5.71. The van der Waals surface area contributed by atoms with Crippen LogP contribution in [0.25, 0.3) is 0 Å². The van der Waals surface area contributed by atoms with Crippen LogP contribution < -0.4 is 5.76 Å². The molecule has 0 radical (unpaired) electrons. The van der Waals surface area contributed by atoms with E-state index in [0.29, 0.717) is 18.2 Å². The maximum Gasteiger partial charge on any atom is 0.434 e. The maximum atomic E-state index is 11.2. The van der Waals surface area contributed by atoms with Crippen molar-refractivity contribution in [3.05, 3.63) is 61.7 Å². The van der Waals surface area contributed by atoms with Crippen LogP contribution in [0, 0.1) is 6.92 Å². The SMILES string of the molecule is CCc1nn(Cc2n[nH]c(=O)o2)c(CC)c1Cc1cc(C)c(O)c2c1CCC2. The highest BCUT2D eigenvalue weighted by atomic mass is 16.4. The first-order valence-electron chi connectivity index (χ1n) is 9.96. The summed E-state index contributed by atoms with van der Waals surface area (Å²) in [5.41, 5.74) is 8.10. The molecule has 1 aromatic carbocycles. The Kier molecular flexibility index (Phi) is 4.83. The molecule has 0 saturated heterocycles. The van der Waals surface area contributed by atoms with E-state index in [2.05, 4.69) is 30.1 Å². The fourth-order valence-corrected chi connectivity index (χ4v) is 4.42. The first-order chi connectivity index (χ1) is 13.5. The molecule has 0 atom stereocenters. The van der Waals surface area contributed by atoms with E-state index in [0.717, 1.165) is 61.0 Å². The molecule has 2 heterocycles. The molecule has 0 aliphatic heterocycles. The van der Waals surface area contributed by atoms with Crippen molar-refractivity contribution < 1.29 is 9.52 Å². The van der Waals surface area contributed by atoms with E-state index in [-0.39, 0.29) is 0 Å². The first kappa shape index (κ1) is 18.5. The van der Waals surface area contributed by atoms with Crippen LogP contribution in [0.4, 0.5) is 0 Å². The summed E-state index contributed by atoms with van der Waals surface area (Å²) in [4.78, 5) is 11.2. The van der Waals surface area contributed by atoms with E-state index in [4.69, 9.17) is 9.52 Å². The third-order valence-corrected chi connectivity index (χ3v) is 5.71. The van der Waals surface area contributed by atoms with E-state index >= 15 is 0 Å². The number of nitrogens with one attached hydrogen (secondary N) is 1. The third kappa shape index (κ3) is 3.15. The molecule has 0 bridgehead atoms. The Morgan fingerprint density at radius 1 is 1.25 bits per heavy atom. The first-order valence-corrected chi connectivity index (χ1v) is 9.96. The van der Waals surface area contributed by atoms with E-state index in [1.54, 1.807) is 0 Å². The van der Waals surface area contributed by atoms with Crippen molar-refractivity contribution in [2.75, 3.05) is 0 Å². The van der Waals surface area contributed by atoms with E-state index in [1.165, 1.54) is 16.7 Å². The van der Waals surface area contributed by atoms with Gasteiger partial charge in [-0.15, -0.1) is 5.10 Å². The molecule has 0 unspecified atom stereocenters. The van der Waals surface area contributed by atoms with Gasteiger partial charge in [0, 0.05) is 17.7 Å². The molecular formula is C21H26N4O3.